The van der Waals surface area contributed by atoms with Crippen LogP contribution in [0.3, 0.4) is 0 Å². The van der Waals surface area contributed by atoms with Crippen molar-refractivity contribution in [2.75, 3.05) is 0 Å². The lowest BCUT2D eigenvalue weighted by molar-refractivity contribution is 0.0733. The molecule has 3 heteroatoms. The summed E-state index contributed by atoms with van der Waals surface area (Å²) in [5.41, 5.74) is 0.217. The van der Waals surface area contributed by atoms with Gasteiger partial charge in [0.1, 0.15) is 5.60 Å². The molecule has 0 spiro atoms. The largest absolute Gasteiger partial charge is 0.390 e. The first-order valence-corrected chi connectivity index (χ1v) is 3.83. The molecule has 2 N–H and O–H groups in total. The van der Waals surface area contributed by atoms with Gasteiger partial charge >= 0.3 is 0 Å². The second kappa shape index (κ2) is 3.21. The molecule has 0 radical (unpaired) electrons. The van der Waals surface area contributed by atoms with Gasteiger partial charge in [0.25, 0.3) is 0 Å². The van der Waals surface area contributed by atoms with E-state index >= 15 is 0 Å². The van der Waals surface area contributed by atoms with Crippen molar-refractivity contribution in [2.45, 2.75) is 26.1 Å². The Hall–Kier alpha value is -0.930. The van der Waals surface area contributed by atoms with Crippen LogP contribution in [-0.2, 0) is 12.2 Å². The fourth-order valence-corrected chi connectivity index (χ4v) is 0.908. The van der Waals surface area contributed by atoms with Crippen LogP contribution in [0.15, 0.2) is 18.2 Å². The SMILES string of the molecule is CC(C)(O)c1cccc(CO)n1. The van der Waals surface area contributed by atoms with Crippen molar-refractivity contribution in [2.24, 2.45) is 0 Å². The monoisotopic (exact) mass is 167 g/mol. The van der Waals surface area contributed by atoms with Crippen LogP contribution in [0.1, 0.15) is 25.2 Å². The minimum Gasteiger partial charge on any atom is -0.390 e. The summed E-state index contributed by atoms with van der Waals surface area (Å²) >= 11 is 0. The molecule has 0 aliphatic heterocycles. The molecule has 1 aromatic heterocycles. The minimum absolute atomic E-state index is 0.0933. The van der Waals surface area contributed by atoms with E-state index in [2.05, 4.69) is 4.98 Å². The predicted octanol–water partition coefficient (Wildman–Crippen LogP) is 0.801. The Morgan fingerprint density at radius 1 is 1.42 bits per heavy atom. The van der Waals surface area contributed by atoms with E-state index in [4.69, 9.17) is 5.11 Å². The first-order chi connectivity index (χ1) is 5.54. The third-order valence-electron chi connectivity index (χ3n) is 1.60. The molecule has 1 heterocycles. The molecule has 0 amide bonds. The van der Waals surface area contributed by atoms with Gasteiger partial charge in [-0.05, 0) is 26.0 Å². The molecule has 0 bridgehead atoms. The quantitative estimate of drug-likeness (QED) is 0.685. The molecule has 0 aliphatic carbocycles. The van der Waals surface area contributed by atoms with Crippen molar-refractivity contribution >= 4 is 0 Å². The maximum Gasteiger partial charge on any atom is 0.101 e. The van der Waals surface area contributed by atoms with Gasteiger partial charge in [0, 0.05) is 0 Å². The Morgan fingerprint density at radius 2 is 2.08 bits per heavy atom. The van der Waals surface area contributed by atoms with E-state index in [1.54, 1.807) is 32.0 Å². The van der Waals surface area contributed by atoms with Crippen LogP contribution in [0.5, 0.6) is 0 Å². The lowest BCUT2D eigenvalue weighted by Crippen LogP contribution is -2.17. The molecule has 0 unspecified atom stereocenters. The topological polar surface area (TPSA) is 53.4 Å². The molecule has 0 saturated heterocycles. The zero-order valence-electron chi connectivity index (χ0n) is 7.28. The number of aliphatic hydroxyl groups is 2. The van der Waals surface area contributed by atoms with Gasteiger partial charge in [-0.15, -0.1) is 0 Å². The molecular formula is C9H13NO2. The summed E-state index contributed by atoms with van der Waals surface area (Å²) in [5, 5.41) is 18.3. The van der Waals surface area contributed by atoms with Crippen LogP contribution < -0.4 is 0 Å². The van der Waals surface area contributed by atoms with Crippen molar-refractivity contribution < 1.29 is 10.2 Å². The highest BCUT2D eigenvalue weighted by Gasteiger charge is 2.17. The third-order valence-corrected chi connectivity index (χ3v) is 1.60. The number of aliphatic hydroxyl groups excluding tert-OH is 1. The van der Waals surface area contributed by atoms with Crippen LogP contribution in [0.25, 0.3) is 0 Å². The molecule has 0 fully saturated rings. The van der Waals surface area contributed by atoms with E-state index in [-0.39, 0.29) is 6.61 Å². The van der Waals surface area contributed by atoms with Crippen molar-refractivity contribution in [3.8, 4) is 0 Å². The summed E-state index contributed by atoms with van der Waals surface area (Å²) in [7, 11) is 0. The van der Waals surface area contributed by atoms with Crippen molar-refractivity contribution in [3.63, 3.8) is 0 Å². The van der Waals surface area contributed by atoms with Crippen molar-refractivity contribution in [3.05, 3.63) is 29.6 Å². The lowest BCUT2D eigenvalue weighted by atomic mass is 10.0. The van der Waals surface area contributed by atoms with Gasteiger partial charge in [-0.2, -0.15) is 0 Å². The Balaban J connectivity index is 3.02. The van der Waals surface area contributed by atoms with Crippen LogP contribution in [0, 0.1) is 0 Å². The standard InChI is InChI=1S/C9H13NO2/c1-9(2,12)8-5-3-4-7(6-11)10-8/h3-5,11-12H,6H2,1-2H3. The lowest BCUT2D eigenvalue weighted by Gasteiger charge is -2.16. The highest BCUT2D eigenvalue weighted by Crippen LogP contribution is 2.16. The minimum atomic E-state index is -0.939. The van der Waals surface area contributed by atoms with E-state index in [0.717, 1.165) is 0 Å². The molecular weight excluding hydrogens is 154 g/mol. The summed E-state index contributed by atoms with van der Waals surface area (Å²) in [6.07, 6.45) is 0. The van der Waals surface area contributed by atoms with Gasteiger partial charge < -0.3 is 10.2 Å². The van der Waals surface area contributed by atoms with Crippen LogP contribution >= 0.6 is 0 Å². The summed E-state index contributed by atoms with van der Waals surface area (Å²) in [6, 6.07) is 5.22. The highest BCUT2D eigenvalue weighted by atomic mass is 16.3. The molecule has 1 aromatic rings. The molecule has 1 rings (SSSR count). The van der Waals surface area contributed by atoms with Crippen LogP contribution in [0.2, 0.25) is 0 Å². The molecule has 0 atom stereocenters. The van der Waals surface area contributed by atoms with E-state index in [1.807, 2.05) is 0 Å². The Bertz CT molecular complexity index is 265. The summed E-state index contributed by atoms with van der Waals surface area (Å²) in [6.45, 7) is 3.23. The highest BCUT2D eigenvalue weighted by molar-refractivity contribution is 5.15. The van der Waals surface area contributed by atoms with Crippen molar-refractivity contribution in [1.82, 2.24) is 4.98 Å². The number of rotatable bonds is 2. The van der Waals surface area contributed by atoms with Gasteiger partial charge in [-0.1, -0.05) is 6.07 Å². The van der Waals surface area contributed by atoms with Crippen molar-refractivity contribution in [1.29, 1.82) is 0 Å². The van der Waals surface area contributed by atoms with Gasteiger partial charge in [0.2, 0.25) is 0 Å². The van der Waals surface area contributed by atoms with Crippen LogP contribution in [-0.4, -0.2) is 15.2 Å². The summed E-state index contributed by atoms with van der Waals surface area (Å²) in [5.74, 6) is 0. The number of hydrogen-bond donors (Lipinski definition) is 2. The van der Waals surface area contributed by atoms with Crippen LogP contribution in [0.4, 0.5) is 0 Å². The smallest absolute Gasteiger partial charge is 0.101 e. The molecule has 66 valence electrons. The first-order valence-electron chi connectivity index (χ1n) is 3.83. The molecule has 0 aliphatic rings. The number of aromatic nitrogens is 1. The predicted molar refractivity (Wildman–Crippen MR) is 45.4 cm³/mol. The maximum absolute atomic E-state index is 9.56. The zero-order valence-corrected chi connectivity index (χ0v) is 7.28. The van der Waals surface area contributed by atoms with Gasteiger partial charge in [0.05, 0.1) is 18.0 Å². The molecule has 0 aromatic carbocycles. The van der Waals surface area contributed by atoms with Gasteiger partial charge in [-0.25, -0.2) is 0 Å². The second-order valence-corrected chi connectivity index (χ2v) is 3.23. The number of nitrogens with zero attached hydrogens (tertiary/aromatic N) is 1. The number of hydrogen-bond acceptors (Lipinski definition) is 3. The molecule has 0 saturated carbocycles. The fraction of sp³-hybridized carbons (Fsp3) is 0.444. The average molecular weight is 167 g/mol. The van der Waals surface area contributed by atoms with Gasteiger partial charge in [-0.3, -0.25) is 4.98 Å². The van der Waals surface area contributed by atoms with Gasteiger partial charge in [0.15, 0.2) is 0 Å². The summed E-state index contributed by atoms with van der Waals surface area (Å²) < 4.78 is 0. The molecule has 3 nitrogen and oxygen atoms in total. The molecule has 12 heavy (non-hydrogen) atoms. The van der Waals surface area contributed by atoms with E-state index < -0.39 is 5.60 Å². The maximum atomic E-state index is 9.56. The van der Waals surface area contributed by atoms with E-state index in [1.165, 1.54) is 0 Å². The number of pyridine rings is 1. The fourth-order valence-electron chi connectivity index (χ4n) is 0.908. The van der Waals surface area contributed by atoms with E-state index in [0.29, 0.717) is 11.4 Å². The van der Waals surface area contributed by atoms with E-state index in [9.17, 15) is 5.11 Å². The Kier molecular flexibility index (Phi) is 2.45. The Labute approximate surface area is 71.7 Å². The summed E-state index contributed by atoms with van der Waals surface area (Å²) in [4.78, 5) is 4.06. The normalized spacial score (nSPS) is 11.7. The average Bonchev–Trinajstić information content (AvgIpc) is 2.03. The Morgan fingerprint density at radius 3 is 2.58 bits per heavy atom. The zero-order chi connectivity index (χ0) is 9.19. The second-order valence-electron chi connectivity index (χ2n) is 3.23. The third kappa shape index (κ3) is 2.03. The first kappa shape index (κ1) is 9.16.